The van der Waals surface area contributed by atoms with Crippen molar-refractivity contribution < 1.29 is 4.79 Å². The molecule has 0 amide bonds. The lowest BCUT2D eigenvalue weighted by Gasteiger charge is -2.52. The van der Waals surface area contributed by atoms with Crippen molar-refractivity contribution in [3.05, 3.63) is 71.3 Å². The lowest BCUT2D eigenvalue weighted by atomic mass is 9.68. The minimum atomic E-state index is -0.114. The number of carbonyl (C=O) groups is 1. The molecular weight excluding hydrogens is 418 g/mol. The molecule has 2 saturated heterocycles. The third kappa shape index (κ3) is 3.84. The molecule has 0 aromatic heterocycles. The van der Waals surface area contributed by atoms with Crippen LogP contribution < -0.4 is 10.6 Å². The fourth-order valence-electron chi connectivity index (χ4n) is 7.76. The number of likely N-dealkylation sites (tertiary alicyclic amines) is 1. The maximum Gasteiger partial charge on any atom is 0.125 e. The highest BCUT2D eigenvalue weighted by atomic mass is 16.1. The third-order valence-corrected chi connectivity index (χ3v) is 9.57. The number of piperidine rings is 1. The first-order chi connectivity index (χ1) is 16.8. The zero-order valence-electron chi connectivity index (χ0n) is 20.3. The molecule has 1 aliphatic carbocycles. The second-order valence-corrected chi connectivity index (χ2v) is 11.2. The summed E-state index contributed by atoms with van der Waals surface area (Å²) in [5.41, 5.74) is 4.21. The van der Waals surface area contributed by atoms with Crippen molar-refractivity contribution in [2.24, 2.45) is 11.8 Å². The van der Waals surface area contributed by atoms with Gasteiger partial charge in [-0.25, -0.2) is 0 Å². The van der Waals surface area contributed by atoms with Gasteiger partial charge in [0.25, 0.3) is 0 Å². The zero-order valence-corrected chi connectivity index (χ0v) is 20.3. The maximum atomic E-state index is 12.0. The van der Waals surface area contributed by atoms with Crippen molar-refractivity contribution in [1.29, 1.82) is 0 Å². The van der Waals surface area contributed by atoms with Crippen LogP contribution in [0.25, 0.3) is 0 Å². The van der Waals surface area contributed by atoms with Crippen molar-refractivity contribution >= 4 is 6.29 Å². The smallest absolute Gasteiger partial charge is 0.125 e. The molecule has 34 heavy (non-hydrogen) atoms. The number of hydrogen-bond acceptors (Lipinski definition) is 4. The van der Waals surface area contributed by atoms with E-state index in [1.165, 1.54) is 67.9 Å². The number of hydrogen-bond donors (Lipinski definition) is 2. The quantitative estimate of drug-likeness (QED) is 0.649. The number of rotatable bonds is 4. The summed E-state index contributed by atoms with van der Waals surface area (Å²) in [7, 11) is 0. The Morgan fingerprint density at radius 2 is 1.71 bits per heavy atom. The van der Waals surface area contributed by atoms with Gasteiger partial charge in [-0.3, -0.25) is 10.2 Å². The van der Waals surface area contributed by atoms with Gasteiger partial charge in [0.15, 0.2) is 0 Å². The van der Waals surface area contributed by atoms with Crippen molar-refractivity contribution in [2.75, 3.05) is 26.2 Å². The largest absolute Gasteiger partial charge is 0.315 e. The van der Waals surface area contributed by atoms with Gasteiger partial charge in [-0.05, 0) is 54.2 Å². The molecule has 1 spiro atoms. The summed E-state index contributed by atoms with van der Waals surface area (Å²) in [6.07, 6.45) is 10.8. The highest BCUT2D eigenvalue weighted by Crippen LogP contribution is 2.46. The van der Waals surface area contributed by atoms with Crippen LogP contribution in [-0.4, -0.2) is 43.4 Å². The molecule has 0 bridgehead atoms. The van der Waals surface area contributed by atoms with Gasteiger partial charge in [-0.2, -0.15) is 0 Å². The van der Waals surface area contributed by atoms with E-state index >= 15 is 0 Å². The Labute approximate surface area is 204 Å². The van der Waals surface area contributed by atoms with Gasteiger partial charge in [0.1, 0.15) is 6.29 Å². The van der Waals surface area contributed by atoms with E-state index in [1.54, 1.807) is 0 Å². The van der Waals surface area contributed by atoms with Crippen LogP contribution in [0.4, 0.5) is 0 Å². The van der Waals surface area contributed by atoms with E-state index in [4.69, 9.17) is 0 Å². The van der Waals surface area contributed by atoms with Crippen LogP contribution in [0.2, 0.25) is 0 Å². The van der Waals surface area contributed by atoms with E-state index in [0.717, 1.165) is 32.1 Å². The predicted molar refractivity (Wildman–Crippen MR) is 137 cm³/mol. The molecule has 2 aromatic rings. The summed E-state index contributed by atoms with van der Waals surface area (Å²) in [4.78, 5) is 14.9. The summed E-state index contributed by atoms with van der Waals surface area (Å²) in [6.45, 7) is 3.68. The highest BCUT2D eigenvalue weighted by Gasteiger charge is 2.50. The van der Waals surface area contributed by atoms with Gasteiger partial charge < -0.3 is 10.1 Å². The van der Waals surface area contributed by atoms with Crippen molar-refractivity contribution in [3.63, 3.8) is 0 Å². The lowest BCUT2D eigenvalue weighted by molar-refractivity contribution is -0.112. The summed E-state index contributed by atoms with van der Waals surface area (Å²) in [5.74, 6) is 1.49. The molecule has 4 aliphatic rings. The standard InChI is InChI=1S/C30H39N3O/c34-19-25-18-31-20-30(25)21-32-29(26-13-7-8-14-27(26)30)33-16-15-24(22-9-3-1-4-10-22)17-28(33)23-11-5-2-6-12-23/h1,3-4,7-10,13-14,19,23-25,28-29,31-32H,2,5-6,11-12,15-18,20-21H2/t24-,25+,28+,29?,30+/m1/s1. The lowest BCUT2D eigenvalue weighted by Crippen LogP contribution is -2.58. The van der Waals surface area contributed by atoms with E-state index in [-0.39, 0.29) is 17.5 Å². The highest BCUT2D eigenvalue weighted by molar-refractivity contribution is 5.61. The van der Waals surface area contributed by atoms with Gasteiger partial charge in [0, 0.05) is 43.6 Å². The summed E-state index contributed by atoms with van der Waals surface area (Å²) in [6, 6.07) is 20.8. The second kappa shape index (κ2) is 9.56. The third-order valence-electron chi connectivity index (χ3n) is 9.57. The molecule has 3 heterocycles. The van der Waals surface area contributed by atoms with Crippen molar-refractivity contribution in [1.82, 2.24) is 15.5 Å². The fourth-order valence-corrected chi connectivity index (χ4v) is 7.76. The van der Waals surface area contributed by atoms with Crippen LogP contribution in [0.3, 0.4) is 0 Å². The number of aldehydes is 1. The van der Waals surface area contributed by atoms with Crippen LogP contribution in [0.15, 0.2) is 54.6 Å². The molecule has 3 aliphatic heterocycles. The van der Waals surface area contributed by atoms with Gasteiger partial charge in [-0.1, -0.05) is 73.9 Å². The number of fused-ring (bicyclic) bond motifs is 2. The van der Waals surface area contributed by atoms with Crippen LogP contribution in [0.1, 0.15) is 73.7 Å². The molecule has 2 N–H and O–H groups in total. The van der Waals surface area contributed by atoms with Crippen LogP contribution in [0, 0.1) is 11.8 Å². The molecule has 5 atom stereocenters. The first-order valence-corrected chi connectivity index (χ1v) is 13.6. The first-order valence-electron chi connectivity index (χ1n) is 13.6. The fraction of sp³-hybridized carbons (Fsp3) is 0.567. The maximum absolute atomic E-state index is 12.0. The van der Waals surface area contributed by atoms with Crippen LogP contribution in [-0.2, 0) is 10.2 Å². The van der Waals surface area contributed by atoms with Gasteiger partial charge >= 0.3 is 0 Å². The molecule has 180 valence electrons. The summed E-state index contributed by atoms with van der Waals surface area (Å²) in [5, 5.41) is 7.51. The molecule has 1 unspecified atom stereocenters. The van der Waals surface area contributed by atoms with Gasteiger partial charge in [0.2, 0.25) is 0 Å². The minimum Gasteiger partial charge on any atom is -0.315 e. The number of nitrogens with zero attached hydrogens (tertiary/aromatic N) is 1. The van der Waals surface area contributed by atoms with Crippen molar-refractivity contribution in [3.8, 4) is 0 Å². The SMILES string of the molecule is O=C[C@@H]1CNC[C@]12CNC(N1CC[C@@H](c3ccccc3)C[C@H]1C1CCCCC1)c1ccccc12. The second-order valence-electron chi connectivity index (χ2n) is 11.2. The molecule has 2 aromatic carbocycles. The summed E-state index contributed by atoms with van der Waals surface area (Å²) < 4.78 is 0. The average molecular weight is 458 g/mol. The van der Waals surface area contributed by atoms with Gasteiger partial charge in [-0.15, -0.1) is 0 Å². The van der Waals surface area contributed by atoms with E-state index in [0.29, 0.717) is 12.0 Å². The topological polar surface area (TPSA) is 44.4 Å². The zero-order chi connectivity index (χ0) is 23.0. The van der Waals surface area contributed by atoms with Gasteiger partial charge in [0.05, 0.1) is 6.17 Å². The average Bonchev–Trinajstić information content (AvgIpc) is 3.33. The minimum absolute atomic E-state index is 0.0417. The van der Waals surface area contributed by atoms with Crippen LogP contribution >= 0.6 is 0 Å². The summed E-state index contributed by atoms with van der Waals surface area (Å²) >= 11 is 0. The molecular formula is C30H39N3O. The monoisotopic (exact) mass is 457 g/mol. The predicted octanol–water partition coefficient (Wildman–Crippen LogP) is 4.77. The Bertz CT molecular complexity index is 988. The Kier molecular flexibility index (Phi) is 6.31. The molecule has 4 nitrogen and oxygen atoms in total. The normalized spacial score (nSPS) is 34.7. The number of carbonyl (C=O) groups excluding carboxylic acids is 1. The van der Waals surface area contributed by atoms with E-state index in [9.17, 15) is 4.79 Å². The molecule has 1 saturated carbocycles. The molecule has 0 radical (unpaired) electrons. The number of benzene rings is 2. The molecule has 3 fully saturated rings. The Morgan fingerprint density at radius 1 is 0.912 bits per heavy atom. The Hall–Kier alpha value is -2.01. The Morgan fingerprint density at radius 3 is 2.53 bits per heavy atom. The van der Waals surface area contributed by atoms with E-state index in [2.05, 4.69) is 70.1 Å². The van der Waals surface area contributed by atoms with Crippen LogP contribution in [0.5, 0.6) is 0 Å². The van der Waals surface area contributed by atoms with E-state index < -0.39 is 0 Å². The first kappa shape index (κ1) is 22.5. The molecule has 4 heteroatoms. The Balaban J connectivity index is 1.33. The van der Waals surface area contributed by atoms with E-state index in [1.807, 2.05) is 0 Å². The number of nitrogens with one attached hydrogen (secondary N) is 2. The van der Waals surface area contributed by atoms with Crippen molar-refractivity contribution in [2.45, 2.75) is 68.5 Å². The molecule has 6 rings (SSSR count).